The first-order valence-corrected chi connectivity index (χ1v) is 6.71. The van der Waals surface area contributed by atoms with Crippen LogP contribution in [-0.2, 0) is 11.0 Å². The smallest absolute Gasteiger partial charge is 0.416 e. The van der Waals surface area contributed by atoms with Gasteiger partial charge in [-0.25, -0.2) is 4.98 Å². The number of nitrogens with zero attached hydrogens (tertiary/aromatic N) is 2. The molecule has 0 radical (unpaired) electrons. The minimum Gasteiger partial charge on any atom is -0.480 e. The van der Waals surface area contributed by atoms with Crippen molar-refractivity contribution < 1.29 is 23.1 Å². The first-order chi connectivity index (χ1) is 9.77. The molecule has 0 aliphatic heterocycles. The third-order valence-electron chi connectivity index (χ3n) is 2.68. The summed E-state index contributed by atoms with van der Waals surface area (Å²) in [5.41, 5.74) is -0.0113. The minimum absolute atomic E-state index is 0.227. The highest BCUT2D eigenvalue weighted by molar-refractivity contribution is 7.14. The Morgan fingerprint density at radius 1 is 1.43 bits per heavy atom. The molecule has 0 amide bonds. The van der Waals surface area contributed by atoms with Crippen molar-refractivity contribution in [3.05, 3.63) is 35.2 Å². The van der Waals surface area contributed by atoms with Crippen LogP contribution in [0.2, 0.25) is 0 Å². The highest BCUT2D eigenvalue weighted by Gasteiger charge is 2.30. The third-order valence-corrected chi connectivity index (χ3v) is 3.63. The van der Waals surface area contributed by atoms with E-state index in [0.717, 1.165) is 12.1 Å². The Morgan fingerprint density at radius 3 is 2.76 bits per heavy atom. The molecule has 1 aromatic heterocycles. The van der Waals surface area contributed by atoms with Gasteiger partial charge < -0.3 is 10.0 Å². The van der Waals surface area contributed by atoms with Crippen molar-refractivity contribution in [2.24, 2.45) is 0 Å². The van der Waals surface area contributed by atoms with Gasteiger partial charge >= 0.3 is 12.1 Å². The van der Waals surface area contributed by atoms with Gasteiger partial charge in [0, 0.05) is 18.0 Å². The first kappa shape index (κ1) is 15.3. The summed E-state index contributed by atoms with van der Waals surface area (Å²) >= 11 is 1.18. The lowest BCUT2D eigenvalue weighted by Gasteiger charge is -2.11. The number of hydrogen-bond donors (Lipinski definition) is 1. The number of thiazole rings is 1. The molecule has 0 fully saturated rings. The Morgan fingerprint density at radius 2 is 2.14 bits per heavy atom. The molecule has 0 aliphatic rings. The van der Waals surface area contributed by atoms with Gasteiger partial charge in [0.2, 0.25) is 0 Å². The minimum atomic E-state index is -4.41. The van der Waals surface area contributed by atoms with Gasteiger partial charge in [-0.2, -0.15) is 13.2 Å². The average Bonchev–Trinajstić information content (AvgIpc) is 2.86. The molecule has 4 nitrogen and oxygen atoms in total. The molecule has 0 spiro atoms. The van der Waals surface area contributed by atoms with E-state index in [1.807, 2.05) is 0 Å². The van der Waals surface area contributed by atoms with Crippen LogP contribution in [0.4, 0.5) is 18.3 Å². The molecule has 0 unspecified atom stereocenters. The molecule has 0 saturated carbocycles. The number of benzene rings is 1. The molecule has 1 aromatic carbocycles. The fraction of sp³-hybridized carbons (Fsp3) is 0.231. The number of carboxylic acids is 1. The molecule has 8 heteroatoms. The maximum Gasteiger partial charge on any atom is 0.416 e. The highest BCUT2D eigenvalue weighted by Crippen LogP contribution is 2.33. The van der Waals surface area contributed by atoms with E-state index in [1.165, 1.54) is 28.4 Å². The van der Waals surface area contributed by atoms with Gasteiger partial charge in [-0.15, -0.1) is 11.3 Å². The standard InChI is InChI=1S/C13H11F3N2O2S/c1-18(6-11(19)20)12-17-10(7-21-12)8-3-2-4-9(5-8)13(14,15)16/h2-5,7H,6H2,1H3,(H,19,20). The van der Waals surface area contributed by atoms with Gasteiger partial charge in [-0.05, 0) is 12.1 Å². The zero-order valence-corrected chi connectivity index (χ0v) is 11.7. The van der Waals surface area contributed by atoms with Gasteiger partial charge in [-0.3, -0.25) is 4.79 Å². The Balaban J connectivity index is 2.28. The second-order valence-electron chi connectivity index (χ2n) is 4.34. The quantitative estimate of drug-likeness (QED) is 0.940. The van der Waals surface area contributed by atoms with Crippen LogP contribution in [0.15, 0.2) is 29.6 Å². The number of likely N-dealkylation sites (N-methyl/N-ethyl adjacent to an activating group) is 1. The summed E-state index contributed by atoms with van der Waals surface area (Å²) in [5.74, 6) is -1.01. The van der Waals surface area contributed by atoms with Gasteiger partial charge in [0.1, 0.15) is 6.54 Å². The molecule has 112 valence electrons. The maximum atomic E-state index is 12.7. The second-order valence-corrected chi connectivity index (χ2v) is 5.18. The fourth-order valence-electron chi connectivity index (χ4n) is 1.70. The van der Waals surface area contributed by atoms with Crippen molar-refractivity contribution in [3.8, 4) is 11.3 Å². The number of halogens is 3. The molecule has 2 aromatic rings. The van der Waals surface area contributed by atoms with Crippen LogP contribution in [0.1, 0.15) is 5.56 Å². The predicted octanol–water partition coefficient (Wildman–Crippen LogP) is 3.35. The Bertz CT molecular complexity index is 655. The summed E-state index contributed by atoms with van der Waals surface area (Å²) in [6.07, 6.45) is -4.41. The molecular formula is C13H11F3N2O2S. The third kappa shape index (κ3) is 3.72. The maximum absolute atomic E-state index is 12.7. The molecular weight excluding hydrogens is 305 g/mol. The number of aromatic nitrogens is 1. The van der Waals surface area contributed by atoms with Crippen LogP contribution in [-0.4, -0.2) is 29.7 Å². The van der Waals surface area contributed by atoms with Gasteiger partial charge in [-0.1, -0.05) is 12.1 Å². The summed E-state index contributed by atoms with van der Waals surface area (Å²) in [6.45, 7) is -0.227. The Hall–Kier alpha value is -2.09. The summed E-state index contributed by atoms with van der Waals surface area (Å²) in [5, 5.41) is 10.7. The van der Waals surface area contributed by atoms with Crippen LogP contribution < -0.4 is 4.90 Å². The molecule has 1 N–H and O–H groups in total. The Labute approximate surface area is 122 Å². The normalized spacial score (nSPS) is 11.4. The number of alkyl halides is 3. The predicted molar refractivity (Wildman–Crippen MR) is 73.5 cm³/mol. The SMILES string of the molecule is CN(CC(=O)O)c1nc(-c2cccc(C(F)(F)F)c2)cs1. The molecule has 0 aliphatic carbocycles. The van der Waals surface area contributed by atoms with E-state index < -0.39 is 17.7 Å². The number of rotatable bonds is 4. The van der Waals surface area contributed by atoms with Gasteiger partial charge in [0.25, 0.3) is 0 Å². The van der Waals surface area contributed by atoms with Crippen molar-refractivity contribution in [2.75, 3.05) is 18.5 Å². The van der Waals surface area contributed by atoms with Crippen LogP contribution in [0.3, 0.4) is 0 Å². The van der Waals surface area contributed by atoms with Crippen molar-refractivity contribution in [1.29, 1.82) is 0 Å². The fourth-order valence-corrected chi connectivity index (χ4v) is 2.50. The number of hydrogen-bond acceptors (Lipinski definition) is 4. The van der Waals surface area contributed by atoms with Crippen LogP contribution in [0, 0.1) is 0 Å². The van der Waals surface area contributed by atoms with Crippen LogP contribution in [0.25, 0.3) is 11.3 Å². The summed E-state index contributed by atoms with van der Waals surface area (Å²) in [7, 11) is 1.56. The van der Waals surface area contributed by atoms with Crippen molar-refractivity contribution >= 4 is 22.4 Å². The molecule has 1 heterocycles. The average molecular weight is 316 g/mol. The molecule has 0 bridgehead atoms. The van der Waals surface area contributed by atoms with E-state index in [1.54, 1.807) is 12.4 Å². The van der Waals surface area contributed by atoms with Crippen molar-refractivity contribution in [1.82, 2.24) is 4.98 Å². The number of anilines is 1. The monoisotopic (exact) mass is 316 g/mol. The molecule has 2 rings (SSSR count). The summed E-state index contributed by atoms with van der Waals surface area (Å²) < 4.78 is 38.0. The summed E-state index contributed by atoms with van der Waals surface area (Å²) in [6, 6.07) is 4.87. The largest absolute Gasteiger partial charge is 0.480 e. The van der Waals surface area contributed by atoms with E-state index in [0.29, 0.717) is 16.4 Å². The zero-order chi connectivity index (χ0) is 15.6. The van der Waals surface area contributed by atoms with E-state index in [9.17, 15) is 18.0 Å². The highest BCUT2D eigenvalue weighted by atomic mass is 32.1. The number of carbonyl (C=O) groups is 1. The second kappa shape index (κ2) is 5.72. The van der Waals surface area contributed by atoms with Gasteiger partial charge in [0.05, 0.1) is 11.3 Å². The van der Waals surface area contributed by atoms with Crippen molar-refractivity contribution in [3.63, 3.8) is 0 Å². The van der Waals surface area contributed by atoms with E-state index >= 15 is 0 Å². The Kier molecular flexibility index (Phi) is 4.17. The number of aliphatic carboxylic acids is 1. The van der Waals surface area contributed by atoms with Crippen LogP contribution >= 0.6 is 11.3 Å². The zero-order valence-electron chi connectivity index (χ0n) is 10.9. The van der Waals surface area contributed by atoms with E-state index in [2.05, 4.69) is 4.98 Å². The van der Waals surface area contributed by atoms with Crippen molar-refractivity contribution in [2.45, 2.75) is 6.18 Å². The molecule has 0 saturated heterocycles. The van der Waals surface area contributed by atoms with E-state index in [4.69, 9.17) is 5.11 Å². The summed E-state index contributed by atoms with van der Waals surface area (Å²) in [4.78, 5) is 16.2. The van der Waals surface area contributed by atoms with Crippen LogP contribution in [0.5, 0.6) is 0 Å². The molecule has 21 heavy (non-hydrogen) atoms. The van der Waals surface area contributed by atoms with Gasteiger partial charge in [0.15, 0.2) is 5.13 Å². The first-order valence-electron chi connectivity index (χ1n) is 5.83. The van der Waals surface area contributed by atoms with E-state index in [-0.39, 0.29) is 6.54 Å². The lowest BCUT2D eigenvalue weighted by Crippen LogP contribution is -2.24. The lowest BCUT2D eigenvalue weighted by atomic mass is 10.1. The number of carboxylic acid groups (broad SMARTS) is 1. The lowest BCUT2D eigenvalue weighted by molar-refractivity contribution is -0.137. The molecule has 0 atom stereocenters. The topological polar surface area (TPSA) is 53.4 Å².